The number of aromatic nitrogens is 1. The minimum absolute atomic E-state index is 0.357. The first-order chi connectivity index (χ1) is 7.71. The van der Waals surface area contributed by atoms with Gasteiger partial charge in [0.1, 0.15) is 11.8 Å². The van der Waals surface area contributed by atoms with E-state index >= 15 is 0 Å². The van der Waals surface area contributed by atoms with E-state index in [1.807, 2.05) is 23.9 Å². The van der Waals surface area contributed by atoms with Gasteiger partial charge < -0.3 is 9.88 Å². The van der Waals surface area contributed by atoms with Crippen molar-refractivity contribution in [3.63, 3.8) is 0 Å². The number of nitrogens with one attached hydrogen (secondary N) is 1. The smallest absolute Gasteiger partial charge is 0.120 e. The van der Waals surface area contributed by atoms with Gasteiger partial charge >= 0.3 is 0 Å². The third-order valence-electron chi connectivity index (χ3n) is 2.63. The maximum absolute atomic E-state index is 8.82. The summed E-state index contributed by atoms with van der Waals surface area (Å²) in [6, 6.07) is 4.40. The molecular formula is C13H17N3. The van der Waals surface area contributed by atoms with Crippen LogP contribution >= 0.6 is 0 Å². The number of rotatable bonds is 5. The van der Waals surface area contributed by atoms with E-state index in [-0.39, 0.29) is 0 Å². The van der Waals surface area contributed by atoms with E-state index in [4.69, 9.17) is 11.7 Å². The van der Waals surface area contributed by atoms with Crippen LogP contribution in [0.3, 0.4) is 0 Å². The van der Waals surface area contributed by atoms with Gasteiger partial charge in [0.25, 0.3) is 0 Å². The molecule has 1 atom stereocenters. The summed E-state index contributed by atoms with van der Waals surface area (Å²) in [6.07, 6.45) is 9.01. The number of nitrogens with zero attached hydrogens (tertiary/aromatic N) is 2. The molecule has 0 aliphatic rings. The van der Waals surface area contributed by atoms with Gasteiger partial charge in [0.15, 0.2) is 0 Å². The van der Waals surface area contributed by atoms with Crippen molar-refractivity contribution in [3.8, 4) is 18.4 Å². The molecule has 3 heteroatoms. The Balaban J connectivity index is 2.55. The average molecular weight is 215 g/mol. The van der Waals surface area contributed by atoms with Crippen LogP contribution in [-0.2, 0) is 13.6 Å². The lowest BCUT2D eigenvalue weighted by atomic mass is 10.1. The van der Waals surface area contributed by atoms with Crippen molar-refractivity contribution < 1.29 is 0 Å². The van der Waals surface area contributed by atoms with Gasteiger partial charge in [-0.2, -0.15) is 5.26 Å². The first-order valence-corrected chi connectivity index (χ1v) is 5.43. The molecule has 0 fully saturated rings. The van der Waals surface area contributed by atoms with Gasteiger partial charge in [-0.05, 0) is 18.1 Å². The molecule has 0 saturated heterocycles. The van der Waals surface area contributed by atoms with Crippen LogP contribution in [0.15, 0.2) is 12.3 Å². The SMILES string of the molecule is C#CCC(CC)NCc1cc(C#N)n(C)c1. The molecule has 1 unspecified atom stereocenters. The minimum atomic E-state index is 0.357. The molecule has 1 rings (SSSR count). The Labute approximate surface area is 97.1 Å². The lowest BCUT2D eigenvalue weighted by Crippen LogP contribution is -2.27. The predicted molar refractivity (Wildman–Crippen MR) is 64.5 cm³/mol. The zero-order valence-electron chi connectivity index (χ0n) is 9.83. The number of aryl methyl sites for hydroxylation is 1. The van der Waals surface area contributed by atoms with Gasteiger partial charge in [0, 0.05) is 32.3 Å². The summed E-state index contributed by atoms with van der Waals surface area (Å²) >= 11 is 0. The Morgan fingerprint density at radius 2 is 2.38 bits per heavy atom. The quantitative estimate of drug-likeness (QED) is 0.761. The predicted octanol–water partition coefficient (Wildman–Crippen LogP) is 1.79. The molecule has 0 spiro atoms. The van der Waals surface area contributed by atoms with Crippen LogP contribution in [0.1, 0.15) is 31.0 Å². The van der Waals surface area contributed by atoms with Crippen molar-refractivity contribution >= 4 is 0 Å². The molecule has 0 bridgehead atoms. The van der Waals surface area contributed by atoms with E-state index in [0.29, 0.717) is 11.7 Å². The highest BCUT2D eigenvalue weighted by atomic mass is 14.9. The maximum atomic E-state index is 8.82. The van der Waals surface area contributed by atoms with E-state index in [1.54, 1.807) is 0 Å². The Bertz CT molecular complexity index is 417. The summed E-state index contributed by atoms with van der Waals surface area (Å²) in [5, 5.41) is 12.2. The van der Waals surface area contributed by atoms with Crippen molar-refractivity contribution in [2.45, 2.75) is 32.4 Å². The van der Waals surface area contributed by atoms with Crippen LogP contribution in [0.4, 0.5) is 0 Å². The fraction of sp³-hybridized carbons (Fsp3) is 0.462. The monoisotopic (exact) mass is 215 g/mol. The standard InChI is InChI=1S/C13H17N3/c1-4-6-12(5-2)15-9-11-7-13(8-14)16(3)10-11/h1,7,10,12,15H,5-6,9H2,2-3H3. The van der Waals surface area contributed by atoms with Gasteiger partial charge in [-0.3, -0.25) is 0 Å². The number of hydrogen-bond acceptors (Lipinski definition) is 2. The van der Waals surface area contributed by atoms with Crippen LogP contribution in [0, 0.1) is 23.7 Å². The number of terminal acetylenes is 1. The fourth-order valence-electron chi connectivity index (χ4n) is 1.61. The summed E-state index contributed by atoms with van der Waals surface area (Å²) in [5.74, 6) is 2.66. The molecule has 84 valence electrons. The lowest BCUT2D eigenvalue weighted by Gasteiger charge is -2.12. The Morgan fingerprint density at radius 3 is 2.88 bits per heavy atom. The molecule has 0 aromatic carbocycles. The molecule has 0 amide bonds. The van der Waals surface area contributed by atoms with Crippen molar-refractivity contribution in [2.75, 3.05) is 0 Å². The summed E-state index contributed by atoms with van der Waals surface area (Å²) in [7, 11) is 1.88. The highest BCUT2D eigenvalue weighted by molar-refractivity contribution is 5.28. The molecule has 1 N–H and O–H groups in total. The van der Waals surface area contributed by atoms with E-state index < -0.39 is 0 Å². The topological polar surface area (TPSA) is 40.8 Å². The molecule has 0 radical (unpaired) electrons. The zero-order valence-corrected chi connectivity index (χ0v) is 9.83. The Morgan fingerprint density at radius 1 is 1.62 bits per heavy atom. The second kappa shape index (κ2) is 6.00. The second-order valence-corrected chi connectivity index (χ2v) is 3.85. The van der Waals surface area contributed by atoms with E-state index in [9.17, 15) is 0 Å². The lowest BCUT2D eigenvalue weighted by molar-refractivity contribution is 0.506. The highest BCUT2D eigenvalue weighted by Crippen LogP contribution is 2.07. The molecule has 0 saturated carbocycles. The van der Waals surface area contributed by atoms with Crippen LogP contribution in [0.25, 0.3) is 0 Å². The van der Waals surface area contributed by atoms with Crippen LogP contribution in [0.5, 0.6) is 0 Å². The molecule has 0 aliphatic carbocycles. The van der Waals surface area contributed by atoms with Crippen molar-refractivity contribution in [1.82, 2.24) is 9.88 Å². The second-order valence-electron chi connectivity index (χ2n) is 3.85. The van der Waals surface area contributed by atoms with Crippen LogP contribution in [-0.4, -0.2) is 10.6 Å². The van der Waals surface area contributed by atoms with E-state index in [2.05, 4.69) is 24.2 Å². The molecule has 1 aromatic heterocycles. The molecule has 1 heterocycles. The molecular weight excluding hydrogens is 198 g/mol. The van der Waals surface area contributed by atoms with Gasteiger partial charge in [-0.15, -0.1) is 12.3 Å². The molecule has 0 aliphatic heterocycles. The summed E-state index contributed by atoms with van der Waals surface area (Å²) in [5.41, 5.74) is 1.80. The van der Waals surface area contributed by atoms with E-state index in [1.165, 1.54) is 0 Å². The minimum Gasteiger partial charge on any atom is -0.342 e. The first kappa shape index (κ1) is 12.4. The van der Waals surface area contributed by atoms with Gasteiger partial charge in [0.05, 0.1) is 0 Å². The van der Waals surface area contributed by atoms with Crippen LogP contribution < -0.4 is 5.32 Å². The summed E-state index contributed by atoms with van der Waals surface area (Å²) in [6.45, 7) is 2.87. The van der Waals surface area contributed by atoms with Gasteiger partial charge in [-0.1, -0.05) is 6.92 Å². The Hall–Kier alpha value is -1.71. The molecule has 16 heavy (non-hydrogen) atoms. The third-order valence-corrected chi connectivity index (χ3v) is 2.63. The average Bonchev–Trinajstić information content (AvgIpc) is 2.65. The molecule has 3 nitrogen and oxygen atoms in total. The first-order valence-electron chi connectivity index (χ1n) is 5.43. The number of nitriles is 1. The van der Waals surface area contributed by atoms with Crippen molar-refractivity contribution in [2.24, 2.45) is 7.05 Å². The van der Waals surface area contributed by atoms with Crippen molar-refractivity contribution in [1.29, 1.82) is 5.26 Å². The zero-order chi connectivity index (χ0) is 12.0. The normalized spacial score (nSPS) is 11.8. The van der Waals surface area contributed by atoms with Gasteiger partial charge in [0.2, 0.25) is 0 Å². The summed E-state index contributed by atoms with van der Waals surface area (Å²) in [4.78, 5) is 0. The van der Waals surface area contributed by atoms with Crippen LogP contribution in [0.2, 0.25) is 0 Å². The van der Waals surface area contributed by atoms with Gasteiger partial charge in [-0.25, -0.2) is 0 Å². The summed E-state index contributed by atoms with van der Waals surface area (Å²) < 4.78 is 1.83. The highest BCUT2D eigenvalue weighted by Gasteiger charge is 2.06. The Kier molecular flexibility index (Phi) is 4.64. The number of hydrogen-bond donors (Lipinski definition) is 1. The third kappa shape index (κ3) is 3.15. The largest absolute Gasteiger partial charge is 0.342 e. The van der Waals surface area contributed by atoms with Crippen molar-refractivity contribution in [3.05, 3.63) is 23.5 Å². The maximum Gasteiger partial charge on any atom is 0.120 e. The fourth-order valence-corrected chi connectivity index (χ4v) is 1.61. The van der Waals surface area contributed by atoms with E-state index in [0.717, 1.165) is 24.9 Å². The molecule has 1 aromatic rings.